The van der Waals surface area contributed by atoms with Gasteiger partial charge >= 0.3 is 0 Å². The molecule has 0 spiro atoms. The second kappa shape index (κ2) is 7.66. The van der Waals surface area contributed by atoms with Gasteiger partial charge in [-0.05, 0) is 44.3 Å². The number of nitrogens with zero attached hydrogens (tertiary/aromatic N) is 1. The summed E-state index contributed by atoms with van der Waals surface area (Å²) in [7, 11) is 0. The van der Waals surface area contributed by atoms with E-state index in [0.29, 0.717) is 6.04 Å². The molecule has 1 unspecified atom stereocenters. The van der Waals surface area contributed by atoms with Gasteiger partial charge in [0.1, 0.15) is 0 Å². The Morgan fingerprint density at radius 3 is 2.47 bits per heavy atom. The predicted molar refractivity (Wildman–Crippen MR) is 82.4 cm³/mol. The lowest BCUT2D eigenvalue weighted by molar-refractivity contribution is 0.183. The van der Waals surface area contributed by atoms with E-state index < -0.39 is 0 Å². The lowest BCUT2D eigenvalue weighted by Crippen LogP contribution is -2.38. The molecule has 1 aromatic rings. The van der Waals surface area contributed by atoms with E-state index in [9.17, 15) is 0 Å². The van der Waals surface area contributed by atoms with Crippen LogP contribution in [0.25, 0.3) is 0 Å². The van der Waals surface area contributed by atoms with E-state index in [2.05, 4.69) is 54.4 Å². The van der Waals surface area contributed by atoms with Gasteiger partial charge in [0.25, 0.3) is 0 Å². The molecule has 2 nitrogen and oxygen atoms in total. The van der Waals surface area contributed by atoms with Gasteiger partial charge in [0.2, 0.25) is 0 Å². The first-order chi connectivity index (χ1) is 9.36. The molecule has 1 N–H and O–H groups in total. The Balaban J connectivity index is 2.07. The molecule has 106 valence electrons. The first-order valence-electron chi connectivity index (χ1n) is 7.88. The van der Waals surface area contributed by atoms with Crippen molar-refractivity contribution in [3.63, 3.8) is 0 Å². The maximum Gasteiger partial charge on any atom is 0.0475 e. The second-order valence-electron chi connectivity index (χ2n) is 5.60. The minimum absolute atomic E-state index is 0.542. The molecule has 1 aromatic carbocycles. The highest BCUT2D eigenvalue weighted by Gasteiger charge is 2.33. The molecular weight excluding hydrogens is 232 g/mol. The van der Waals surface area contributed by atoms with E-state index in [1.807, 2.05) is 0 Å². The van der Waals surface area contributed by atoms with Crippen LogP contribution in [0.4, 0.5) is 0 Å². The summed E-state index contributed by atoms with van der Waals surface area (Å²) in [6, 6.07) is 12.4. The quantitative estimate of drug-likeness (QED) is 0.682. The topological polar surface area (TPSA) is 15.3 Å². The van der Waals surface area contributed by atoms with Crippen molar-refractivity contribution < 1.29 is 0 Å². The monoisotopic (exact) mass is 260 g/mol. The molecule has 0 aliphatic heterocycles. The summed E-state index contributed by atoms with van der Waals surface area (Å²) >= 11 is 0. The second-order valence-corrected chi connectivity index (χ2v) is 5.60. The average molecular weight is 260 g/mol. The smallest absolute Gasteiger partial charge is 0.0475 e. The molecule has 1 saturated carbocycles. The van der Waals surface area contributed by atoms with Gasteiger partial charge in [0.15, 0.2) is 0 Å². The molecule has 2 heteroatoms. The largest absolute Gasteiger partial charge is 0.315 e. The van der Waals surface area contributed by atoms with Gasteiger partial charge in [-0.1, -0.05) is 44.2 Å². The fourth-order valence-electron chi connectivity index (χ4n) is 2.77. The van der Waals surface area contributed by atoms with Gasteiger partial charge < -0.3 is 5.32 Å². The summed E-state index contributed by atoms with van der Waals surface area (Å²) in [4.78, 5) is 2.72. The van der Waals surface area contributed by atoms with E-state index in [0.717, 1.165) is 19.1 Å². The van der Waals surface area contributed by atoms with Crippen molar-refractivity contribution in [2.75, 3.05) is 19.6 Å². The van der Waals surface area contributed by atoms with Crippen LogP contribution >= 0.6 is 0 Å². The zero-order chi connectivity index (χ0) is 13.5. The van der Waals surface area contributed by atoms with Crippen LogP contribution in [0.2, 0.25) is 0 Å². The van der Waals surface area contributed by atoms with Crippen LogP contribution < -0.4 is 5.32 Å². The highest BCUT2D eigenvalue weighted by atomic mass is 15.2. The first kappa shape index (κ1) is 14.5. The predicted octanol–water partition coefficient (Wildman–Crippen LogP) is 3.60. The molecule has 19 heavy (non-hydrogen) atoms. The first-order valence-corrected chi connectivity index (χ1v) is 7.88. The molecule has 2 rings (SSSR count). The van der Waals surface area contributed by atoms with Crippen LogP contribution in [-0.2, 0) is 0 Å². The lowest BCUT2D eigenvalue weighted by atomic mass is 10.0. The Hall–Kier alpha value is -0.860. The Bertz CT molecular complexity index is 346. The van der Waals surface area contributed by atoms with E-state index >= 15 is 0 Å². The SMILES string of the molecule is CCCNCC(c1ccccc1)N(CCC)C1CC1. The molecule has 0 bridgehead atoms. The summed E-state index contributed by atoms with van der Waals surface area (Å²) in [6.45, 7) is 7.94. The van der Waals surface area contributed by atoms with Gasteiger partial charge in [-0.2, -0.15) is 0 Å². The Morgan fingerprint density at radius 2 is 1.89 bits per heavy atom. The average Bonchev–Trinajstić information content (AvgIpc) is 3.27. The van der Waals surface area contributed by atoms with Crippen LogP contribution in [0.1, 0.15) is 51.1 Å². The van der Waals surface area contributed by atoms with Gasteiger partial charge in [0.05, 0.1) is 0 Å². The highest BCUT2D eigenvalue weighted by molar-refractivity contribution is 5.20. The van der Waals surface area contributed by atoms with Crippen LogP contribution in [-0.4, -0.2) is 30.6 Å². The zero-order valence-electron chi connectivity index (χ0n) is 12.4. The Labute approximate surface area is 118 Å². The summed E-state index contributed by atoms with van der Waals surface area (Å²) in [5.41, 5.74) is 1.46. The normalized spacial score (nSPS) is 16.8. The van der Waals surface area contributed by atoms with Crippen LogP contribution in [0.5, 0.6) is 0 Å². The maximum absolute atomic E-state index is 3.61. The van der Waals surface area contributed by atoms with Gasteiger partial charge in [-0.3, -0.25) is 4.90 Å². The number of hydrogen-bond acceptors (Lipinski definition) is 2. The summed E-state index contributed by atoms with van der Waals surface area (Å²) < 4.78 is 0. The maximum atomic E-state index is 3.61. The number of rotatable bonds is 9. The minimum atomic E-state index is 0.542. The Morgan fingerprint density at radius 1 is 1.16 bits per heavy atom. The van der Waals surface area contributed by atoms with Crippen molar-refractivity contribution >= 4 is 0 Å². The summed E-state index contributed by atoms with van der Waals surface area (Å²) in [5, 5.41) is 3.61. The van der Waals surface area contributed by atoms with Crippen molar-refractivity contribution in [1.82, 2.24) is 10.2 Å². The fourth-order valence-corrected chi connectivity index (χ4v) is 2.77. The van der Waals surface area contributed by atoms with Crippen molar-refractivity contribution in [1.29, 1.82) is 0 Å². The van der Waals surface area contributed by atoms with Crippen LogP contribution in [0.15, 0.2) is 30.3 Å². The molecule has 0 heterocycles. The van der Waals surface area contributed by atoms with Crippen LogP contribution in [0.3, 0.4) is 0 Å². The molecule has 1 atom stereocenters. The third kappa shape index (κ3) is 4.32. The molecule has 1 fully saturated rings. The zero-order valence-corrected chi connectivity index (χ0v) is 12.4. The third-order valence-electron chi connectivity index (χ3n) is 3.85. The van der Waals surface area contributed by atoms with Crippen molar-refractivity contribution in [3.05, 3.63) is 35.9 Å². The molecular formula is C17H28N2. The summed E-state index contributed by atoms with van der Waals surface area (Å²) in [5.74, 6) is 0. The molecule has 0 radical (unpaired) electrons. The van der Waals surface area contributed by atoms with Crippen molar-refractivity contribution in [2.24, 2.45) is 0 Å². The number of hydrogen-bond donors (Lipinski definition) is 1. The molecule has 1 aliphatic rings. The minimum Gasteiger partial charge on any atom is -0.315 e. The van der Waals surface area contributed by atoms with E-state index in [-0.39, 0.29) is 0 Å². The van der Waals surface area contributed by atoms with Gasteiger partial charge in [-0.25, -0.2) is 0 Å². The number of nitrogens with one attached hydrogen (secondary N) is 1. The van der Waals surface area contributed by atoms with Crippen molar-refractivity contribution in [2.45, 2.75) is 51.6 Å². The van der Waals surface area contributed by atoms with E-state index in [1.54, 1.807) is 0 Å². The molecule has 0 aromatic heterocycles. The highest BCUT2D eigenvalue weighted by Crippen LogP contribution is 2.34. The van der Waals surface area contributed by atoms with Gasteiger partial charge in [-0.15, -0.1) is 0 Å². The third-order valence-corrected chi connectivity index (χ3v) is 3.85. The summed E-state index contributed by atoms with van der Waals surface area (Å²) in [6.07, 6.45) is 5.22. The molecule has 0 saturated heterocycles. The molecule has 0 amide bonds. The van der Waals surface area contributed by atoms with E-state index in [4.69, 9.17) is 0 Å². The van der Waals surface area contributed by atoms with E-state index in [1.165, 1.54) is 37.8 Å². The Kier molecular flexibility index (Phi) is 5.87. The number of benzene rings is 1. The van der Waals surface area contributed by atoms with Crippen LogP contribution in [0, 0.1) is 0 Å². The van der Waals surface area contributed by atoms with Crippen molar-refractivity contribution in [3.8, 4) is 0 Å². The molecule has 1 aliphatic carbocycles. The van der Waals surface area contributed by atoms with Gasteiger partial charge in [0, 0.05) is 18.6 Å². The lowest BCUT2D eigenvalue weighted by Gasteiger charge is -2.32. The standard InChI is InChI=1S/C17H28N2/c1-3-12-18-14-17(15-8-6-5-7-9-15)19(13-4-2)16-10-11-16/h5-9,16-18H,3-4,10-14H2,1-2H3. The fraction of sp³-hybridized carbons (Fsp3) is 0.647.